The molecule has 20 heavy (non-hydrogen) atoms. The van der Waals surface area contributed by atoms with Crippen LogP contribution in [-0.2, 0) is 13.1 Å². The van der Waals surface area contributed by atoms with Crippen molar-refractivity contribution in [1.29, 1.82) is 0 Å². The Balaban J connectivity index is 1.94. The Labute approximate surface area is 115 Å². The van der Waals surface area contributed by atoms with Crippen LogP contribution in [-0.4, -0.2) is 30.4 Å². The first-order valence-electron chi connectivity index (χ1n) is 6.33. The fourth-order valence-corrected chi connectivity index (χ4v) is 2.30. The third kappa shape index (κ3) is 2.16. The minimum atomic E-state index is -0.935. The second kappa shape index (κ2) is 4.80. The summed E-state index contributed by atoms with van der Waals surface area (Å²) >= 11 is 0. The fourth-order valence-electron chi connectivity index (χ4n) is 2.30. The Morgan fingerprint density at radius 2 is 2.20 bits per heavy atom. The highest BCUT2D eigenvalue weighted by Crippen LogP contribution is 2.18. The molecule has 0 saturated carbocycles. The molecule has 0 saturated heterocycles. The molecule has 0 aliphatic carbocycles. The van der Waals surface area contributed by atoms with Gasteiger partial charge in [-0.2, -0.15) is 5.10 Å². The number of hydrogen-bond donors (Lipinski definition) is 1. The van der Waals surface area contributed by atoms with E-state index in [-0.39, 0.29) is 5.56 Å². The van der Waals surface area contributed by atoms with Crippen molar-refractivity contribution >= 4 is 17.0 Å². The van der Waals surface area contributed by atoms with Gasteiger partial charge in [0.15, 0.2) is 0 Å². The van der Waals surface area contributed by atoms with Crippen molar-refractivity contribution in [2.24, 2.45) is 0 Å². The summed E-state index contributed by atoms with van der Waals surface area (Å²) in [5.74, 6) is -0.0645. The summed E-state index contributed by atoms with van der Waals surface area (Å²) in [5.41, 5.74) is 1.91. The molecule has 0 bridgehead atoms. The van der Waals surface area contributed by atoms with Gasteiger partial charge in [-0.15, -0.1) is 0 Å². The minimum Gasteiger partial charge on any atom is -0.478 e. The summed E-state index contributed by atoms with van der Waals surface area (Å²) in [5, 5.41) is 13.2. The molecule has 0 spiro atoms. The van der Waals surface area contributed by atoms with E-state index in [2.05, 4.69) is 14.6 Å². The number of benzene rings is 1. The van der Waals surface area contributed by atoms with E-state index in [1.165, 1.54) is 0 Å². The van der Waals surface area contributed by atoms with E-state index >= 15 is 0 Å². The molecule has 0 unspecified atom stereocenters. The SMILES string of the molecule is Cc1nc2cc(C(=O)O)ccc2n1CCn1cccn1. The molecule has 102 valence electrons. The molecule has 0 aliphatic rings. The van der Waals surface area contributed by atoms with Crippen LogP contribution in [0.15, 0.2) is 36.7 Å². The molecule has 0 atom stereocenters. The normalized spacial score (nSPS) is 11.1. The second-order valence-corrected chi connectivity index (χ2v) is 4.59. The zero-order chi connectivity index (χ0) is 14.1. The van der Waals surface area contributed by atoms with Crippen molar-refractivity contribution in [3.05, 3.63) is 48.0 Å². The predicted molar refractivity (Wildman–Crippen MR) is 73.7 cm³/mol. The zero-order valence-electron chi connectivity index (χ0n) is 11.0. The van der Waals surface area contributed by atoms with Gasteiger partial charge in [-0.1, -0.05) is 0 Å². The van der Waals surface area contributed by atoms with Gasteiger partial charge in [0.2, 0.25) is 0 Å². The van der Waals surface area contributed by atoms with Crippen LogP contribution in [0.1, 0.15) is 16.2 Å². The Kier molecular flexibility index (Phi) is 2.98. The van der Waals surface area contributed by atoms with Crippen molar-refractivity contribution in [3.63, 3.8) is 0 Å². The topological polar surface area (TPSA) is 72.9 Å². The van der Waals surface area contributed by atoms with E-state index in [1.807, 2.05) is 29.9 Å². The largest absolute Gasteiger partial charge is 0.478 e. The van der Waals surface area contributed by atoms with Gasteiger partial charge in [0.1, 0.15) is 5.82 Å². The van der Waals surface area contributed by atoms with Gasteiger partial charge < -0.3 is 9.67 Å². The maximum absolute atomic E-state index is 11.0. The van der Waals surface area contributed by atoms with Crippen LogP contribution in [0.25, 0.3) is 11.0 Å². The van der Waals surface area contributed by atoms with Crippen molar-refractivity contribution in [1.82, 2.24) is 19.3 Å². The summed E-state index contributed by atoms with van der Waals surface area (Å²) in [7, 11) is 0. The van der Waals surface area contributed by atoms with Crippen LogP contribution in [0.4, 0.5) is 0 Å². The molecule has 0 amide bonds. The monoisotopic (exact) mass is 270 g/mol. The van der Waals surface area contributed by atoms with Gasteiger partial charge in [-0.3, -0.25) is 4.68 Å². The highest BCUT2D eigenvalue weighted by molar-refractivity contribution is 5.92. The summed E-state index contributed by atoms with van der Waals surface area (Å²) in [4.78, 5) is 15.4. The van der Waals surface area contributed by atoms with Crippen LogP contribution in [0.2, 0.25) is 0 Å². The van der Waals surface area contributed by atoms with Crippen LogP contribution >= 0.6 is 0 Å². The van der Waals surface area contributed by atoms with E-state index in [0.29, 0.717) is 5.52 Å². The Bertz CT molecular complexity index is 759. The van der Waals surface area contributed by atoms with Gasteiger partial charge in [-0.05, 0) is 31.2 Å². The lowest BCUT2D eigenvalue weighted by Gasteiger charge is -2.07. The number of hydrogen-bond acceptors (Lipinski definition) is 3. The second-order valence-electron chi connectivity index (χ2n) is 4.59. The summed E-state index contributed by atoms with van der Waals surface area (Å²) in [6, 6.07) is 6.91. The van der Waals surface area contributed by atoms with Crippen molar-refractivity contribution in [3.8, 4) is 0 Å². The average Bonchev–Trinajstić information content (AvgIpc) is 3.02. The molecular formula is C14H14N4O2. The van der Waals surface area contributed by atoms with Gasteiger partial charge in [0.25, 0.3) is 0 Å². The average molecular weight is 270 g/mol. The van der Waals surface area contributed by atoms with Gasteiger partial charge in [0.05, 0.1) is 23.1 Å². The molecule has 0 fully saturated rings. The van der Waals surface area contributed by atoms with E-state index in [1.54, 1.807) is 18.3 Å². The molecule has 3 aromatic rings. The number of carboxylic acids is 1. The number of aryl methyl sites for hydroxylation is 3. The number of aromatic carboxylic acids is 1. The van der Waals surface area contributed by atoms with Crippen LogP contribution in [0, 0.1) is 6.92 Å². The summed E-state index contributed by atoms with van der Waals surface area (Å²) < 4.78 is 3.93. The van der Waals surface area contributed by atoms with Crippen LogP contribution in [0.3, 0.4) is 0 Å². The third-order valence-electron chi connectivity index (χ3n) is 3.30. The lowest BCUT2D eigenvalue weighted by atomic mass is 10.2. The lowest BCUT2D eigenvalue weighted by Crippen LogP contribution is -2.09. The fraction of sp³-hybridized carbons (Fsp3) is 0.214. The quantitative estimate of drug-likeness (QED) is 0.786. The molecule has 2 aromatic heterocycles. The molecule has 1 N–H and O–H groups in total. The number of rotatable bonds is 4. The van der Waals surface area contributed by atoms with Crippen molar-refractivity contribution in [2.75, 3.05) is 0 Å². The van der Waals surface area contributed by atoms with E-state index in [0.717, 1.165) is 24.4 Å². The third-order valence-corrected chi connectivity index (χ3v) is 3.30. The molecule has 2 heterocycles. The first-order chi connectivity index (χ1) is 9.65. The van der Waals surface area contributed by atoms with E-state index in [9.17, 15) is 4.79 Å². The molecule has 6 heteroatoms. The minimum absolute atomic E-state index is 0.259. The first-order valence-corrected chi connectivity index (χ1v) is 6.33. The lowest BCUT2D eigenvalue weighted by molar-refractivity contribution is 0.0697. The number of carboxylic acid groups (broad SMARTS) is 1. The Morgan fingerprint density at radius 3 is 2.90 bits per heavy atom. The Morgan fingerprint density at radius 1 is 1.35 bits per heavy atom. The van der Waals surface area contributed by atoms with Crippen molar-refractivity contribution < 1.29 is 9.90 Å². The number of imidazole rings is 1. The molecule has 0 aliphatic heterocycles. The standard InChI is InChI=1S/C14H14N4O2/c1-10-16-12-9-11(14(19)20)3-4-13(12)18(10)8-7-17-6-2-5-15-17/h2-6,9H,7-8H2,1H3,(H,19,20). The van der Waals surface area contributed by atoms with Gasteiger partial charge >= 0.3 is 5.97 Å². The number of fused-ring (bicyclic) bond motifs is 1. The van der Waals surface area contributed by atoms with Gasteiger partial charge in [-0.25, -0.2) is 9.78 Å². The number of aromatic nitrogens is 4. The molecule has 3 rings (SSSR count). The molecular weight excluding hydrogens is 256 g/mol. The highest BCUT2D eigenvalue weighted by Gasteiger charge is 2.10. The smallest absolute Gasteiger partial charge is 0.335 e. The summed E-state index contributed by atoms with van der Waals surface area (Å²) in [6.07, 6.45) is 3.66. The number of nitrogens with zero attached hydrogens (tertiary/aromatic N) is 4. The summed E-state index contributed by atoms with van der Waals surface area (Å²) in [6.45, 7) is 3.42. The number of carbonyl (C=O) groups is 1. The molecule has 6 nitrogen and oxygen atoms in total. The van der Waals surface area contributed by atoms with Crippen molar-refractivity contribution in [2.45, 2.75) is 20.0 Å². The van der Waals surface area contributed by atoms with E-state index in [4.69, 9.17) is 5.11 Å². The highest BCUT2D eigenvalue weighted by atomic mass is 16.4. The zero-order valence-corrected chi connectivity index (χ0v) is 11.0. The maximum atomic E-state index is 11.0. The molecule has 1 aromatic carbocycles. The maximum Gasteiger partial charge on any atom is 0.335 e. The predicted octanol–water partition coefficient (Wildman–Crippen LogP) is 1.94. The first kappa shape index (κ1) is 12.4. The molecule has 0 radical (unpaired) electrons. The Hall–Kier alpha value is -2.63. The van der Waals surface area contributed by atoms with Crippen LogP contribution in [0.5, 0.6) is 0 Å². The van der Waals surface area contributed by atoms with Gasteiger partial charge in [0, 0.05) is 18.9 Å². The van der Waals surface area contributed by atoms with E-state index < -0.39 is 5.97 Å². The van der Waals surface area contributed by atoms with Crippen LogP contribution < -0.4 is 0 Å².